The molecule has 7 rings (SSSR count). The number of nitrogens with zero attached hydrogens (tertiary/aromatic N) is 3. The van der Waals surface area contributed by atoms with Crippen LogP contribution in [0.25, 0.3) is 10.9 Å². The van der Waals surface area contributed by atoms with E-state index in [4.69, 9.17) is 14.2 Å². The highest BCUT2D eigenvalue weighted by Gasteiger charge is 2.56. The molecule has 0 radical (unpaired) electrons. The Bertz CT molecular complexity index is 1830. The van der Waals surface area contributed by atoms with Crippen LogP contribution in [0.5, 0.6) is 23.0 Å². The molecule has 2 N–H and O–H groups in total. The lowest BCUT2D eigenvalue weighted by atomic mass is 10.0. The smallest absolute Gasteiger partial charge is 0.415 e. The summed E-state index contributed by atoms with van der Waals surface area (Å²) in [6.07, 6.45) is 3.99. The minimum absolute atomic E-state index is 0.137. The maximum Gasteiger partial charge on any atom is 0.415 e. The van der Waals surface area contributed by atoms with Gasteiger partial charge < -0.3 is 29.7 Å². The summed E-state index contributed by atoms with van der Waals surface area (Å²) >= 11 is 0. The third kappa shape index (κ3) is 6.03. The van der Waals surface area contributed by atoms with E-state index in [0.717, 1.165) is 25.9 Å². The molecule has 2 saturated heterocycles. The van der Waals surface area contributed by atoms with Gasteiger partial charge in [-0.2, -0.15) is 0 Å². The molecular weight excluding hydrogens is 605 g/mol. The molecule has 0 spiro atoms. The van der Waals surface area contributed by atoms with Crippen molar-refractivity contribution in [1.29, 1.82) is 0 Å². The molecule has 2 aliphatic heterocycles. The maximum atomic E-state index is 13.2. The monoisotopic (exact) mass is 639 g/mol. The summed E-state index contributed by atoms with van der Waals surface area (Å²) in [5.41, 5.74) is 0.318. The van der Waals surface area contributed by atoms with E-state index in [2.05, 4.69) is 27.6 Å². The number of piperazine rings is 1. The fourth-order valence-corrected chi connectivity index (χ4v) is 6.47. The largest absolute Gasteiger partial charge is 0.493 e. The van der Waals surface area contributed by atoms with Crippen LogP contribution in [0.3, 0.4) is 0 Å². The Labute approximate surface area is 270 Å². The SMILES string of the molecule is COc1cc2c(Oc3ccc(NC(=O)C4(C(=O)Nc5ccc(F)cc5)CC4)cc3)ccnc2cc1OC(=O)N1C2CC[C@@H]1CN(C)C2. The number of likely N-dealkylation sites (tertiary alicyclic amines) is 1. The van der Waals surface area contributed by atoms with Crippen LogP contribution in [0.2, 0.25) is 0 Å². The molecule has 2 bridgehead atoms. The first-order chi connectivity index (χ1) is 22.7. The predicted molar refractivity (Wildman–Crippen MR) is 172 cm³/mol. The van der Waals surface area contributed by atoms with E-state index in [1.807, 2.05) is 4.90 Å². The second-order valence-corrected chi connectivity index (χ2v) is 12.3. The predicted octanol–water partition coefficient (Wildman–Crippen LogP) is 5.81. The number of hydrogen-bond donors (Lipinski definition) is 2. The zero-order valence-corrected chi connectivity index (χ0v) is 26.0. The lowest BCUT2D eigenvalue weighted by Gasteiger charge is -2.38. The first kappa shape index (κ1) is 30.4. The molecule has 3 amide bonds. The van der Waals surface area contributed by atoms with Crippen molar-refractivity contribution in [2.75, 3.05) is 37.9 Å². The van der Waals surface area contributed by atoms with Crippen molar-refractivity contribution in [3.8, 4) is 23.0 Å². The number of rotatable bonds is 8. The molecule has 3 aromatic carbocycles. The Morgan fingerprint density at radius 2 is 1.47 bits per heavy atom. The van der Waals surface area contributed by atoms with Crippen LogP contribution >= 0.6 is 0 Å². The number of aromatic nitrogens is 1. The zero-order chi connectivity index (χ0) is 32.7. The lowest BCUT2D eigenvalue weighted by molar-refractivity contribution is -0.131. The molecule has 3 aliphatic rings. The lowest BCUT2D eigenvalue weighted by Crippen LogP contribution is -2.55. The molecule has 3 fully saturated rings. The van der Waals surface area contributed by atoms with Gasteiger partial charge in [-0.25, -0.2) is 9.18 Å². The average molecular weight is 640 g/mol. The fraction of sp³-hybridized carbons (Fsp3) is 0.314. The average Bonchev–Trinajstić information content (AvgIpc) is 3.83. The summed E-state index contributed by atoms with van der Waals surface area (Å²) in [4.78, 5) is 47.8. The number of fused-ring (bicyclic) bond motifs is 3. The number of anilines is 2. The molecule has 1 unspecified atom stereocenters. The highest BCUT2D eigenvalue weighted by atomic mass is 19.1. The van der Waals surface area contributed by atoms with Crippen LogP contribution in [0, 0.1) is 11.2 Å². The Morgan fingerprint density at radius 1 is 0.851 bits per heavy atom. The number of nitrogens with one attached hydrogen (secondary N) is 2. The quantitative estimate of drug-likeness (QED) is 0.232. The molecule has 1 aliphatic carbocycles. The third-order valence-corrected chi connectivity index (χ3v) is 9.12. The number of methoxy groups -OCH3 is 1. The highest BCUT2D eigenvalue weighted by molar-refractivity contribution is 6.16. The van der Waals surface area contributed by atoms with Crippen LogP contribution in [-0.4, -0.2) is 72.0 Å². The maximum absolute atomic E-state index is 13.2. The van der Waals surface area contributed by atoms with Crippen LogP contribution in [0.4, 0.5) is 20.6 Å². The summed E-state index contributed by atoms with van der Waals surface area (Å²) in [6, 6.07) is 17.6. The number of carbonyl (C=O) groups is 3. The summed E-state index contributed by atoms with van der Waals surface area (Å²) in [7, 11) is 3.59. The van der Waals surface area contributed by atoms with Gasteiger partial charge in [0.2, 0.25) is 11.8 Å². The van der Waals surface area contributed by atoms with Crippen molar-refractivity contribution < 1.29 is 33.0 Å². The summed E-state index contributed by atoms with van der Waals surface area (Å²) < 4.78 is 30.9. The molecular formula is C35H34FN5O6. The summed E-state index contributed by atoms with van der Waals surface area (Å²) in [6.45, 7) is 1.65. The number of carbonyl (C=O) groups excluding carboxylic acids is 3. The van der Waals surface area contributed by atoms with Crippen LogP contribution in [0.15, 0.2) is 72.9 Å². The zero-order valence-electron chi connectivity index (χ0n) is 26.0. The number of likely N-dealkylation sites (N-methyl/N-ethyl adjacent to an activating group) is 1. The third-order valence-electron chi connectivity index (χ3n) is 9.12. The van der Waals surface area contributed by atoms with Crippen molar-refractivity contribution in [1.82, 2.24) is 14.8 Å². The van der Waals surface area contributed by atoms with Gasteiger partial charge in [0.25, 0.3) is 0 Å². The van der Waals surface area contributed by atoms with Crippen molar-refractivity contribution >= 4 is 40.2 Å². The standard InChI is InChI=1S/C35H34FN5O6/c1-40-19-24-9-10-25(20-40)41(24)34(44)47-31-18-28-27(17-30(31)45-2)29(13-16-37-28)46-26-11-7-23(8-12-26)39-33(43)35(14-15-35)32(42)38-22-5-3-21(36)4-6-22/h3-8,11-13,16-18,24-25H,9-10,14-15,19-20H2,1-2H3,(H,38,42)(H,39,43)/t24-,25?/m1/s1. The van der Waals surface area contributed by atoms with Crippen LogP contribution < -0.4 is 24.8 Å². The highest BCUT2D eigenvalue weighted by Crippen LogP contribution is 2.47. The second-order valence-electron chi connectivity index (χ2n) is 12.3. The summed E-state index contributed by atoms with van der Waals surface area (Å²) in [5.74, 6) is 0.431. The Balaban J connectivity index is 1.02. The topological polar surface area (TPSA) is 122 Å². The number of pyridine rings is 1. The molecule has 4 aromatic rings. The number of amides is 3. The fourth-order valence-electron chi connectivity index (χ4n) is 6.47. The molecule has 1 aromatic heterocycles. The van der Waals surface area contributed by atoms with Crippen molar-refractivity contribution in [2.24, 2.45) is 5.41 Å². The molecule has 11 nitrogen and oxygen atoms in total. The van der Waals surface area contributed by atoms with Gasteiger partial charge in [0.1, 0.15) is 22.7 Å². The summed E-state index contributed by atoms with van der Waals surface area (Å²) in [5, 5.41) is 6.18. The van der Waals surface area contributed by atoms with E-state index in [1.54, 1.807) is 48.7 Å². The van der Waals surface area contributed by atoms with E-state index in [1.165, 1.54) is 31.4 Å². The van der Waals surface area contributed by atoms with Gasteiger partial charge in [-0.05, 0) is 93.4 Å². The van der Waals surface area contributed by atoms with Gasteiger partial charge in [-0.15, -0.1) is 0 Å². The van der Waals surface area contributed by atoms with Gasteiger partial charge in [-0.3, -0.25) is 19.5 Å². The van der Waals surface area contributed by atoms with Crippen LogP contribution in [-0.2, 0) is 9.59 Å². The van der Waals surface area contributed by atoms with E-state index in [-0.39, 0.29) is 23.9 Å². The number of halogens is 1. The number of benzene rings is 3. The van der Waals surface area contributed by atoms with Gasteiger partial charge in [-0.1, -0.05) is 0 Å². The number of ether oxygens (including phenoxy) is 3. The normalized spacial score (nSPS) is 19.6. The molecule has 3 heterocycles. The van der Waals surface area contributed by atoms with Gasteiger partial charge in [0, 0.05) is 54.2 Å². The van der Waals surface area contributed by atoms with E-state index < -0.39 is 23.0 Å². The van der Waals surface area contributed by atoms with Crippen molar-refractivity contribution in [3.63, 3.8) is 0 Å². The Hall–Kier alpha value is -5.23. The minimum atomic E-state index is -1.17. The molecule has 242 valence electrons. The second kappa shape index (κ2) is 12.2. The van der Waals surface area contributed by atoms with Crippen LogP contribution in [0.1, 0.15) is 25.7 Å². The first-order valence-electron chi connectivity index (χ1n) is 15.5. The number of hydrogen-bond acceptors (Lipinski definition) is 8. The Kier molecular flexibility index (Phi) is 7.88. The van der Waals surface area contributed by atoms with E-state index in [0.29, 0.717) is 52.4 Å². The molecule has 2 atom stereocenters. The van der Waals surface area contributed by atoms with Gasteiger partial charge in [0.15, 0.2) is 11.5 Å². The van der Waals surface area contributed by atoms with Crippen molar-refractivity contribution in [3.05, 3.63) is 78.7 Å². The molecule has 12 heteroatoms. The van der Waals surface area contributed by atoms with Gasteiger partial charge in [0.05, 0.1) is 12.6 Å². The van der Waals surface area contributed by atoms with E-state index >= 15 is 0 Å². The van der Waals surface area contributed by atoms with Crippen molar-refractivity contribution in [2.45, 2.75) is 37.8 Å². The Morgan fingerprint density at radius 3 is 2.06 bits per heavy atom. The first-order valence-corrected chi connectivity index (χ1v) is 15.5. The minimum Gasteiger partial charge on any atom is -0.493 e. The molecule has 47 heavy (non-hydrogen) atoms. The molecule has 1 saturated carbocycles. The van der Waals surface area contributed by atoms with Gasteiger partial charge >= 0.3 is 6.09 Å². The van der Waals surface area contributed by atoms with E-state index in [9.17, 15) is 18.8 Å².